The van der Waals surface area contributed by atoms with Gasteiger partial charge in [-0.15, -0.1) is 11.3 Å². The molecule has 0 saturated carbocycles. The van der Waals surface area contributed by atoms with Gasteiger partial charge in [0.15, 0.2) is 0 Å². The van der Waals surface area contributed by atoms with Crippen LogP contribution in [-0.2, 0) is 4.74 Å². The van der Waals surface area contributed by atoms with E-state index in [0.717, 1.165) is 23.8 Å². The molecule has 1 saturated heterocycles. The molecule has 0 aliphatic carbocycles. The molecule has 15 heavy (non-hydrogen) atoms. The van der Waals surface area contributed by atoms with Gasteiger partial charge in [-0.2, -0.15) is 0 Å². The first-order chi connectivity index (χ1) is 7.29. The lowest BCUT2D eigenvalue weighted by Crippen LogP contribution is -2.40. The minimum absolute atomic E-state index is 0.180. The van der Waals surface area contributed by atoms with Crippen LogP contribution in [0.5, 0.6) is 0 Å². The van der Waals surface area contributed by atoms with E-state index in [-0.39, 0.29) is 6.10 Å². The number of morpholine rings is 1. The van der Waals surface area contributed by atoms with E-state index in [9.17, 15) is 0 Å². The molecule has 0 bridgehead atoms. The number of rotatable bonds is 3. The molecule has 2 unspecified atom stereocenters. The maximum atomic E-state index is 6.01. The van der Waals surface area contributed by atoms with Crippen LogP contribution in [0.4, 0.5) is 0 Å². The van der Waals surface area contributed by atoms with Crippen molar-refractivity contribution in [2.45, 2.75) is 32.0 Å². The minimum Gasteiger partial charge on any atom is -0.368 e. The smallest absolute Gasteiger partial charge is 0.0962 e. The summed E-state index contributed by atoms with van der Waals surface area (Å²) in [4.78, 5) is 0. The third kappa shape index (κ3) is 2.94. The molecule has 0 spiro atoms. The van der Waals surface area contributed by atoms with Crippen molar-refractivity contribution in [2.24, 2.45) is 0 Å². The van der Waals surface area contributed by atoms with E-state index < -0.39 is 0 Å². The lowest BCUT2D eigenvalue weighted by molar-refractivity contribution is -0.0423. The van der Waals surface area contributed by atoms with Gasteiger partial charge in [0.1, 0.15) is 0 Å². The van der Waals surface area contributed by atoms with Gasteiger partial charge < -0.3 is 10.1 Å². The Morgan fingerprint density at radius 1 is 1.60 bits per heavy atom. The molecule has 2 rings (SSSR count). The van der Waals surface area contributed by atoms with Crippen LogP contribution < -0.4 is 5.32 Å². The van der Waals surface area contributed by atoms with E-state index in [0.29, 0.717) is 6.10 Å². The summed E-state index contributed by atoms with van der Waals surface area (Å²) >= 11 is 7.49. The molecule has 2 heterocycles. The van der Waals surface area contributed by atoms with Crippen molar-refractivity contribution in [1.29, 1.82) is 0 Å². The second-order valence-corrected chi connectivity index (χ2v) is 5.42. The summed E-state index contributed by atoms with van der Waals surface area (Å²) in [5.41, 5.74) is 1.21. The Hall–Kier alpha value is -0.0900. The number of nitrogens with one attached hydrogen (secondary N) is 1. The van der Waals surface area contributed by atoms with Gasteiger partial charge in [0.05, 0.1) is 16.5 Å². The monoisotopic (exact) mass is 245 g/mol. The van der Waals surface area contributed by atoms with Crippen molar-refractivity contribution in [1.82, 2.24) is 5.32 Å². The highest BCUT2D eigenvalue weighted by atomic mass is 35.5. The van der Waals surface area contributed by atoms with Crippen LogP contribution in [-0.4, -0.2) is 19.2 Å². The maximum Gasteiger partial charge on any atom is 0.0962 e. The second kappa shape index (κ2) is 5.30. The van der Waals surface area contributed by atoms with E-state index in [1.54, 1.807) is 11.3 Å². The number of halogens is 1. The third-order valence-corrected chi connectivity index (χ3v) is 3.74. The van der Waals surface area contributed by atoms with Crippen LogP contribution in [0.2, 0.25) is 4.34 Å². The summed E-state index contributed by atoms with van der Waals surface area (Å²) in [6.07, 6.45) is 2.83. The zero-order valence-corrected chi connectivity index (χ0v) is 10.4. The van der Waals surface area contributed by atoms with E-state index in [1.165, 1.54) is 12.0 Å². The topological polar surface area (TPSA) is 21.3 Å². The molecule has 2 atom stereocenters. The van der Waals surface area contributed by atoms with Crippen LogP contribution in [0.3, 0.4) is 0 Å². The van der Waals surface area contributed by atoms with Gasteiger partial charge in [0.2, 0.25) is 0 Å². The van der Waals surface area contributed by atoms with Crippen LogP contribution in [0.25, 0.3) is 0 Å². The first-order valence-corrected chi connectivity index (χ1v) is 6.65. The molecule has 84 valence electrons. The third-order valence-electron chi connectivity index (χ3n) is 2.63. The highest BCUT2D eigenvalue weighted by Gasteiger charge is 2.23. The SMILES string of the molecule is CCCC1CNCC(c2csc(Cl)c2)O1. The Morgan fingerprint density at radius 3 is 3.13 bits per heavy atom. The Bertz CT molecular complexity index is 313. The van der Waals surface area contributed by atoms with Crippen LogP contribution in [0, 0.1) is 0 Å². The lowest BCUT2D eigenvalue weighted by atomic mass is 10.1. The first kappa shape index (κ1) is 11.4. The van der Waals surface area contributed by atoms with E-state index in [2.05, 4.69) is 17.6 Å². The zero-order valence-electron chi connectivity index (χ0n) is 8.83. The van der Waals surface area contributed by atoms with Crippen molar-refractivity contribution in [2.75, 3.05) is 13.1 Å². The van der Waals surface area contributed by atoms with Gasteiger partial charge in [0, 0.05) is 13.1 Å². The number of hydrogen-bond donors (Lipinski definition) is 1. The predicted molar refractivity (Wildman–Crippen MR) is 64.7 cm³/mol. The van der Waals surface area contributed by atoms with Crippen LogP contribution in [0.15, 0.2) is 11.4 Å². The van der Waals surface area contributed by atoms with Crippen molar-refractivity contribution in [3.63, 3.8) is 0 Å². The number of thiophene rings is 1. The Labute approximate surface area is 99.6 Å². The second-order valence-electron chi connectivity index (χ2n) is 3.88. The fourth-order valence-corrected chi connectivity index (χ4v) is 2.82. The zero-order chi connectivity index (χ0) is 10.7. The van der Waals surface area contributed by atoms with Crippen LogP contribution in [0.1, 0.15) is 31.4 Å². The molecular weight excluding hydrogens is 230 g/mol. The van der Waals surface area contributed by atoms with E-state index in [1.807, 2.05) is 6.07 Å². The van der Waals surface area contributed by atoms with E-state index in [4.69, 9.17) is 16.3 Å². The molecule has 2 nitrogen and oxygen atoms in total. The Balaban J connectivity index is 1.98. The van der Waals surface area contributed by atoms with Gasteiger partial charge in [-0.25, -0.2) is 0 Å². The molecule has 1 fully saturated rings. The van der Waals surface area contributed by atoms with Crippen molar-refractivity contribution in [3.8, 4) is 0 Å². The van der Waals surface area contributed by atoms with Gasteiger partial charge in [0.25, 0.3) is 0 Å². The van der Waals surface area contributed by atoms with Crippen molar-refractivity contribution in [3.05, 3.63) is 21.3 Å². The molecule has 1 aliphatic heterocycles. The van der Waals surface area contributed by atoms with E-state index >= 15 is 0 Å². The molecule has 0 amide bonds. The standard InChI is InChI=1S/C11H16ClNOS/c1-2-3-9-5-13-6-10(14-9)8-4-11(12)15-7-8/h4,7,9-10,13H,2-3,5-6H2,1H3. The fraction of sp³-hybridized carbons (Fsp3) is 0.636. The molecule has 0 aromatic carbocycles. The quantitative estimate of drug-likeness (QED) is 0.883. The first-order valence-electron chi connectivity index (χ1n) is 5.39. The number of ether oxygens (including phenoxy) is 1. The Morgan fingerprint density at radius 2 is 2.47 bits per heavy atom. The fourth-order valence-electron chi connectivity index (χ4n) is 1.88. The van der Waals surface area contributed by atoms with Crippen molar-refractivity contribution >= 4 is 22.9 Å². The normalized spacial score (nSPS) is 26.8. The summed E-state index contributed by atoms with van der Waals surface area (Å²) in [5.74, 6) is 0. The van der Waals surface area contributed by atoms with Crippen LogP contribution >= 0.6 is 22.9 Å². The molecule has 1 aliphatic rings. The number of hydrogen-bond acceptors (Lipinski definition) is 3. The molecular formula is C11H16ClNOS. The molecule has 0 radical (unpaired) electrons. The molecule has 1 aromatic heterocycles. The average molecular weight is 246 g/mol. The highest BCUT2D eigenvalue weighted by Crippen LogP contribution is 2.29. The molecule has 4 heteroatoms. The predicted octanol–water partition coefficient (Wildman–Crippen LogP) is 3.23. The largest absolute Gasteiger partial charge is 0.368 e. The van der Waals surface area contributed by atoms with Gasteiger partial charge in [-0.05, 0) is 23.4 Å². The Kier molecular flexibility index (Phi) is 4.03. The van der Waals surface area contributed by atoms with Gasteiger partial charge in [-0.1, -0.05) is 24.9 Å². The molecule has 1 N–H and O–H groups in total. The summed E-state index contributed by atoms with van der Waals surface area (Å²) in [6.45, 7) is 4.06. The average Bonchev–Trinajstić information content (AvgIpc) is 2.66. The van der Waals surface area contributed by atoms with Crippen molar-refractivity contribution < 1.29 is 4.74 Å². The summed E-state index contributed by atoms with van der Waals surface area (Å²) < 4.78 is 6.85. The van der Waals surface area contributed by atoms with Gasteiger partial charge >= 0.3 is 0 Å². The minimum atomic E-state index is 0.180. The summed E-state index contributed by atoms with van der Waals surface area (Å²) in [6, 6.07) is 2.01. The highest BCUT2D eigenvalue weighted by molar-refractivity contribution is 7.14. The summed E-state index contributed by atoms with van der Waals surface area (Å²) in [5, 5.41) is 5.50. The van der Waals surface area contributed by atoms with Gasteiger partial charge in [-0.3, -0.25) is 0 Å². The lowest BCUT2D eigenvalue weighted by Gasteiger charge is -2.30. The summed E-state index contributed by atoms with van der Waals surface area (Å²) in [7, 11) is 0. The molecule has 1 aromatic rings. The maximum absolute atomic E-state index is 6.01.